The zero-order valence-corrected chi connectivity index (χ0v) is 12.4. The van der Waals surface area contributed by atoms with Gasteiger partial charge in [-0.05, 0) is 36.4 Å². The lowest BCUT2D eigenvalue weighted by atomic mass is 10.0. The van der Waals surface area contributed by atoms with Crippen molar-refractivity contribution >= 4 is 40.1 Å². The van der Waals surface area contributed by atoms with Crippen LogP contribution in [0.5, 0.6) is 0 Å². The fourth-order valence-corrected chi connectivity index (χ4v) is 2.60. The Morgan fingerprint density at radius 1 is 1.14 bits per heavy atom. The van der Waals surface area contributed by atoms with E-state index in [0.29, 0.717) is 27.2 Å². The first kappa shape index (κ1) is 13.9. The summed E-state index contributed by atoms with van der Waals surface area (Å²) in [6.45, 7) is 0. The fourth-order valence-electron chi connectivity index (χ4n) is 2.10. The van der Waals surface area contributed by atoms with E-state index >= 15 is 0 Å². The molecule has 0 amide bonds. The van der Waals surface area contributed by atoms with Crippen molar-refractivity contribution < 1.29 is 9.21 Å². The van der Waals surface area contributed by atoms with Crippen molar-refractivity contribution in [1.29, 1.82) is 0 Å². The first-order chi connectivity index (χ1) is 9.97. The molecule has 3 rings (SSSR count). The van der Waals surface area contributed by atoms with Crippen molar-refractivity contribution in [1.82, 2.24) is 4.57 Å². The molecule has 2 aromatic carbocycles. The molecule has 0 bridgehead atoms. The number of benzene rings is 2. The number of ketones is 1. The van der Waals surface area contributed by atoms with Crippen LogP contribution >= 0.6 is 23.2 Å². The third-order valence-electron chi connectivity index (χ3n) is 3.23. The average Bonchev–Trinajstić information content (AvgIpc) is 2.73. The van der Waals surface area contributed by atoms with Crippen LogP contribution in [0.2, 0.25) is 10.0 Å². The van der Waals surface area contributed by atoms with Gasteiger partial charge in [0.25, 0.3) is 0 Å². The topological polar surface area (TPSA) is 52.2 Å². The van der Waals surface area contributed by atoms with E-state index in [-0.39, 0.29) is 10.8 Å². The molecule has 0 aliphatic carbocycles. The Labute approximate surface area is 129 Å². The zero-order valence-electron chi connectivity index (χ0n) is 10.9. The van der Waals surface area contributed by atoms with Crippen LogP contribution in [0.1, 0.15) is 15.9 Å². The van der Waals surface area contributed by atoms with Gasteiger partial charge in [-0.2, -0.15) is 0 Å². The number of fused-ring (bicyclic) bond motifs is 1. The second kappa shape index (κ2) is 5.06. The first-order valence-corrected chi connectivity index (χ1v) is 6.82. The maximum absolute atomic E-state index is 12.5. The highest BCUT2D eigenvalue weighted by Gasteiger charge is 2.15. The third kappa shape index (κ3) is 2.37. The molecule has 3 aromatic rings. The van der Waals surface area contributed by atoms with E-state index in [1.807, 2.05) is 0 Å². The van der Waals surface area contributed by atoms with Crippen molar-refractivity contribution in [2.24, 2.45) is 7.05 Å². The van der Waals surface area contributed by atoms with Gasteiger partial charge in [-0.15, -0.1) is 0 Å². The molecule has 0 atom stereocenters. The molecule has 0 saturated carbocycles. The Kier molecular flexibility index (Phi) is 3.35. The number of aryl methyl sites for hydroxylation is 1. The minimum absolute atomic E-state index is 0.259. The van der Waals surface area contributed by atoms with E-state index in [2.05, 4.69) is 0 Å². The number of carbonyl (C=O) groups excluding carboxylic acids is 1. The van der Waals surface area contributed by atoms with Crippen LogP contribution in [0.15, 0.2) is 45.6 Å². The monoisotopic (exact) mass is 321 g/mol. The van der Waals surface area contributed by atoms with E-state index in [1.165, 1.54) is 16.7 Å². The molecule has 0 spiro atoms. The Morgan fingerprint density at radius 2 is 1.90 bits per heavy atom. The molecule has 21 heavy (non-hydrogen) atoms. The highest BCUT2D eigenvalue weighted by Crippen LogP contribution is 2.24. The Morgan fingerprint density at radius 3 is 2.62 bits per heavy atom. The van der Waals surface area contributed by atoms with Crippen LogP contribution in [0.3, 0.4) is 0 Å². The Balaban J connectivity index is 2.11. The van der Waals surface area contributed by atoms with Gasteiger partial charge >= 0.3 is 5.76 Å². The van der Waals surface area contributed by atoms with Crippen molar-refractivity contribution in [2.45, 2.75) is 0 Å². The van der Waals surface area contributed by atoms with E-state index in [0.717, 1.165) is 0 Å². The summed E-state index contributed by atoms with van der Waals surface area (Å²) in [6.07, 6.45) is 0. The summed E-state index contributed by atoms with van der Waals surface area (Å²) in [4.78, 5) is 23.9. The predicted molar refractivity (Wildman–Crippen MR) is 81.3 cm³/mol. The lowest BCUT2D eigenvalue weighted by molar-refractivity contribution is 0.103. The smallest absolute Gasteiger partial charge is 0.408 e. The van der Waals surface area contributed by atoms with Crippen LogP contribution in [-0.2, 0) is 7.05 Å². The molecule has 4 nitrogen and oxygen atoms in total. The Bertz CT molecular complexity index is 924. The van der Waals surface area contributed by atoms with Gasteiger partial charge in [-0.25, -0.2) is 4.79 Å². The summed E-state index contributed by atoms with van der Waals surface area (Å²) in [6, 6.07) is 9.50. The average molecular weight is 322 g/mol. The second-order valence-electron chi connectivity index (χ2n) is 4.56. The minimum Gasteiger partial charge on any atom is -0.408 e. The van der Waals surface area contributed by atoms with E-state index < -0.39 is 5.76 Å². The van der Waals surface area contributed by atoms with Crippen LogP contribution in [0.25, 0.3) is 11.1 Å². The minimum atomic E-state index is -0.473. The van der Waals surface area contributed by atoms with E-state index in [9.17, 15) is 9.59 Å². The number of oxazole rings is 1. The molecule has 0 aliphatic rings. The van der Waals surface area contributed by atoms with Gasteiger partial charge in [0.05, 0.1) is 10.5 Å². The van der Waals surface area contributed by atoms with Gasteiger partial charge in [0.2, 0.25) is 0 Å². The van der Waals surface area contributed by atoms with Crippen molar-refractivity contribution in [3.05, 3.63) is 68.1 Å². The molecule has 0 N–H and O–H groups in total. The normalized spacial score (nSPS) is 11.0. The first-order valence-electron chi connectivity index (χ1n) is 6.06. The number of nitrogens with zero attached hydrogens (tertiary/aromatic N) is 1. The van der Waals surface area contributed by atoms with Crippen molar-refractivity contribution in [3.63, 3.8) is 0 Å². The lowest BCUT2D eigenvalue weighted by Gasteiger charge is -2.04. The molecule has 0 saturated heterocycles. The third-order valence-corrected chi connectivity index (χ3v) is 3.78. The summed E-state index contributed by atoms with van der Waals surface area (Å²) < 4.78 is 6.45. The standard InChI is InChI=1S/C15H9Cl2NO3/c1-18-12-5-2-8(6-13(12)21-15(18)20)14(19)10-4-3-9(16)7-11(10)17/h2-7H,1H3. The molecule has 0 unspecified atom stereocenters. The summed E-state index contributed by atoms with van der Waals surface area (Å²) in [7, 11) is 1.60. The van der Waals surface area contributed by atoms with E-state index in [4.69, 9.17) is 27.6 Å². The van der Waals surface area contributed by atoms with Crippen LogP contribution in [-0.4, -0.2) is 10.4 Å². The predicted octanol–water partition coefficient (Wildman–Crippen LogP) is 3.67. The maximum atomic E-state index is 12.5. The zero-order chi connectivity index (χ0) is 15.1. The Hall–Kier alpha value is -2.04. The molecular formula is C15H9Cl2NO3. The van der Waals surface area contributed by atoms with Gasteiger partial charge in [0.1, 0.15) is 0 Å². The quantitative estimate of drug-likeness (QED) is 0.677. The molecule has 1 aromatic heterocycles. The summed E-state index contributed by atoms with van der Waals surface area (Å²) in [5.41, 5.74) is 1.72. The highest BCUT2D eigenvalue weighted by molar-refractivity contribution is 6.37. The molecule has 0 fully saturated rings. The fraction of sp³-hybridized carbons (Fsp3) is 0.0667. The highest BCUT2D eigenvalue weighted by atomic mass is 35.5. The van der Waals surface area contributed by atoms with Gasteiger partial charge in [0, 0.05) is 23.2 Å². The molecule has 106 valence electrons. The van der Waals surface area contributed by atoms with Gasteiger partial charge < -0.3 is 4.42 Å². The van der Waals surface area contributed by atoms with Gasteiger partial charge in [0.15, 0.2) is 11.4 Å². The van der Waals surface area contributed by atoms with Gasteiger partial charge in [-0.3, -0.25) is 9.36 Å². The van der Waals surface area contributed by atoms with E-state index in [1.54, 1.807) is 31.3 Å². The van der Waals surface area contributed by atoms with Gasteiger partial charge in [-0.1, -0.05) is 23.2 Å². The number of hydrogen-bond donors (Lipinski definition) is 0. The molecule has 1 heterocycles. The number of rotatable bonds is 2. The second-order valence-corrected chi connectivity index (χ2v) is 5.41. The summed E-state index contributed by atoms with van der Waals surface area (Å²) >= 11 is 11.9. The summed E-state index contributed by atoms with van der Waals surface area (Å²) in [5, 5.41) is 0.739. The molecule has 6 heteroatoms. The molecular weight excluding hydrogens is 313 g/mol. The maximum Gasteiger partial charge on any atom is 0.419 e. The number of aromatic nitrogens is 1. The van der Waals surface area contributed by atoms with Crippen LogP contribution < -0.4 is 5.76 Å². The molecule has 0 radical (unpaired) electrons. The van der Waals surface area contributed by atoms with Crippen LogP contribution in [0.4, 0.5) is 0 Å². The van der Waals surface area contributed by atoms with Crippen molar-refractivity contribution in [3.8, 4) is 0 Å². The lowest BCUT2D eigenvalue weighted by Crippen LogP contribution is -2.08. The number of halogens is 2. The largest absolute Gasteiger partial charge is 0.419 e. The number of carbonyl (C=O) groups is 1. The van der Waals surface area contributed by atoms with Crippen molar-refractivity contribution in [2.75, 3.05) is 0 Å². The SMILES string of the molecule is Cn1c(=O)oc2cc(C(=O)c3ccc(Cl)cc3Cl)ccc21. The number of hydrogen-bond acceptors (Lipinski definition) is 3. The summed E-state index contributed by atoms with van der Waals surface area (Å²) in [5.74, 6) is -0.732. The molecule has 0 aliphatic heterocycles. The van der Waals surface area contributed by atoms with Crippen LogP contribution in [0, 0.1) is 0 Å².